The van der Waals surface area contributed by atoms with Gasteiger partial charge in [0, 0.05) is 19.1 Å². The second kappa shape index (κ2) is 4.28. The topological polar surface area (TPSA) is 47.6 Å². The third kappa shape index (κ3) is 2.07. The van der Waals surface area contributed by atoms with Gasteiger partial charge in [-0.1, -0.05) is 6.92 Å². The zero-order valence-electron chi connectivity index (χ0n) is 8.49. The smallest absolute Gasteiger partial charge is 0.323 e. The van der Waals surface area contributed by atoms with Gasteiger partial charge in [0.1, 0.15) is 6.04 Å². The third-order valence-electron chi connectivity index (χ3n) is 2.90. The Morgan fingerprint density at radius 2 is 2.43 bits per heavy atom. The van der Waals surface area contributed by atoms with Crippen molar-refractivity contribution in [3.05, 3.63) is 0 Å². The molecule has 0 spiro atoms. The predicted molar refractivity (Wildman–Crippen MR) is 50.9 cm³/mol. The van der Waals surface area contributed by atoms with E-state index in [0.717, 1.165) is 26.0 Å². The summed E-state index contributed by atoms with van der Waals surface area (Å²) >= 11 is 0. The first-order valence-electron chi connectivity index (χ1n) is 5.29. The Labute approximate surface area is 84.0 Å². The fourth-order valence-corrected chi connectivity index (χ4v) is 1.98. The molecule has 80 valence electrons. The number of cyclic esters (lactones) is 1. The van der Waals surface area contributed by atoms with Gasteiger partial charge >= 0.3 is 5.97 Å². The van der Waals surface area contributed by atoms with E-state index < -0.39 is 0 Å². The van der Waals surface area contributed by atoms with E-state index in [-0.39, 0.29) is 24.0 Å². The molecule has 0 bridgehead atoms. The molecule has 0 aromatic carbocycles. The van der Waals surface area contributed by atoms with Gasteiger partial charge in [0.2, 0.25) is 0 Å². The predicted octanol–water partition coefficient (Wildman–Crippen LogP) is 0.316. The number of nitrogens with one attached hydrogen (secondary N) is 1. The Morgan fingerprint density at radius 3 is 3.00 bits per heavy atom. The molecular weight excluding hydrogens is 182 g/mol. The molecule has 0 aliphatic carbocycles. The summed E-state index contributed by atoms with van der Waals surface area (Å²) in [7, 11) is 0. The van der Waals surface area contributed by atoms with E-state index in [1.54, 1.807) is 0 Å². The molecule has 0 aromatic heterocycles. The molecule has 2 fully saturated rings. The molecule has 0 amide bonds. The van der Waals surface area contributed by atoms with E-state index >= 15 is 0 Å². The zero-order chi connectivity index (χ0) is 9.97. The first-order valence-corrected chi connectivity index (χ1v) is 5.29. The summed E-state index contributed by atoms with van der Waals surface area (Å²) in [5.74, 6) is 0.166. The molecule has 2 heterocycles. The van der Waals surface area contributed by atoms with Gasteiger partial charge in [-0.3, -0.25) is 4.79 Å². The van der Waals surface area contributed by atoms with Crippen LogP contribution < -0.4 is 5.32 Å². The Hall–Kier alpha value is -0.610. The van der Waals surface area contributed by atoms with Gasteiger partial charge in [-0.25, -0.2) is 0 Å². The molecule has 3 atom stereocenters. The lowest BCUT2D eigenvalue weighted by molar-refractivity contribution is -0.139. The van der Waals surface area contributed by atoms with E-state index in [2.05, 4.69) is 5.32 Å². The minimum atomic E-state index is -0.126. The first-order chi connectivity index (χ1) is 6.77. The quantitative estimate of drug-likeness (QED) is 0.665. The number of hydrogen-bond acceptors (Lipinski definition) is 4. The van der Waals surface area contributed by atoms with Crippen LogP contribution in [-0.2, 0) is 14.3 Å². The maximum atomic E-state index is 11.3. The molecule has 0 radical (unpaired) electrons. The van der Waals surface area contributed by atoms with Crippen molar-refractivity contribution in [3.63, 3.8) is 0 Å². The summed E-state index contributed by atoms with van der Waals surface area (Å²) < 4.78 is 10.4. The van der Waals surface area contributed by atoms with Crippen molar-refractivity contribution in [1.82, 2.24) is 5.32 Å². The molecule has 3 unspecified atom stereocenters. The average molecular weight is 199 g/mol. The van der Waals surface area contributed by atoms with Crippen LogP contribution in [0.1, 0.15) is 19.8 Å². The van der Waals surface area contributed by atoms with Gasteiger partial charge in [0.15, 0.2) is 0 Å². The second-order valence-electron chi connectivity index (χ2n) is 4.13. The fraction of sp³-hybridized carbons (Fsp3) is 0.900. The van der Waals surface area contributed by atoms with E-state index in [0.29, 0.717) is 6.61 Å². The first kappa shape index (κ1) is 9.93. The maximum Gasteiger partial charge on any atom is 0.323 e. The minimum absolute atomic E-state index is 0.115. The fourth-order valence-electron chi connectivity index (χ4n) is 1.98. The highest BCUT2D eigenvalue weighted by molar-refractivity contribution is 5.78. The van der Waals surface area contributed by atoms with Crippen LogP contribution in [0.5, 0.6) is 0 Å². The molecule has 1 N–H and O–H groups in total. The normalized spacial score (nSPS) is 37.5. The van der Waals surface area contributed by atoms with Gasteiger partial charge in [0.05, 0.1) is 12.7 Å². The van der Waals surface area contributed by atoms with Crippen LogP contribution in [0.2, 0.25) is 0 Å². The van der Waals surface area contributed by atoms with Crippen LogP contribution in [0.15, 0.2) is 0 Å². The third-order valence-corrected chi connectivity index (χ3v) is 2.90. The summed E-state index contributed by atoms with van der Waals surface area (Å²) in [5.41, 5.74) is 0. The highest BCUT2D eigenvalue weighted by Crippen LogP contribution is 2.16. The molecule has 4 nitrogen and oxygen atoms in total. The lowest BCUT2D eigenvalue weighted by Gasteiger charge is -2.15. The van der Waals surface area contributed by atoms with Gasteiger partial charge in [-0.2, -0.15) is 0 Å². The summed E-state index contributed by atoms with van der Waals surface area (Å²) in [6.07, 6.45) is 2.52. The highest BCUT2D eigenvalue weighted by Gasteiger charge is 2.33. The monoisotopic (exact) mass is 199 g/mol. The Morgan fingerprint density at radius 1 is 1.57 bits per heavy atom. The SMILES string of the molecule is CC1COC(=O)C1NCC1CCCO1. The molecule has 2 aliphatic rings. The molecule has 2 saturated heterocycles. The molecular formula is C10H17NO3. The van der Waals surface area contributed by atoms with Crippen LogP contribution in [0.4, 0.5) is 0 Å². The van der Waals surface area contributed by atoms with Crippen molar-refractivity contribution >= 4 is 5.97 Å². The molecule has 0 aromatic rings. The lowest BCUT2D eigenvalue weighted by Crippen LogP contribution is -2.41. The average Bonchev–Trinajstić information content (AvgIpc) is 2.76. The number of rotatable bonds is 3. The van der Waals surface area contributed by atoms with Gasteiger partial charge in [0.25, 0.3) is 0 Å². The van der Waals surface area contributed by atoms with Crippen molar-refractivity contribution in [1.29, 1.82) is 0 Å². The van der Waals surface area contributed by atoms with E-state index in [9.17, 15) is 4.79 Å². The van der Waals surface area contributed by atoms with Crippen LogP contribution in [-0.4, -0.2) is 37.9 Å². The second-order valence-corrected chi connectivity index (χ2v) is 4.13. The van der Waals surface area contributed by atoms with Crippen LogP contribution >= 0.6 is 0 Å². The summed E-state index contributed by atoms with van der Waals surface area (Å²) in [5, 5.41) is 3.22. The van der Waals surface area contributed by atoms with Crippen LogP contribution in [0.3, 0.4) is 0 Å². The number of carbonyl (C=O) groups excluding carboxylic acids is 1. The molecule has 14 heavy (non-hydrogen) atoms. The van der Waals surface area contributed by atoms with Gasteiger partial charge in [-0.15, -0.1) is 0 Å². The van der Waals surface area contributed by atoms with E-state index in [1.807, 2.05) is 6.92 Å². The summed E-state index contributed by atoms with van der Waals surface area (Å²) in [6, 6.07) is -0.126. The number of ether oxygens (including phenoxy) is 2. The molecule has 2 aliphatic heterocycles. The van der Waals surface area contributed by atoms with Crippen LogP contribution in [0, 0.1) is 5.92 Å². The van der Waals surface area contributed by atoms with E-state index in [4.69, 9.17) is 9.47 Å². The van der Waals surface area contributed by atoms with Crippen molar-refractivity contribution in [2.24, 2.45) is 5.92 Å². The number of hydrogen-bond donors (Lipinski definition) is 1. The van der Waals surface area contributed by atoms with Crippen molar-refractivity contribution in [2.45, 2.75) is 31.9 Å². The highest BCUT2D eigenvalue weighted by atomic mass is 16.5. The molecule has 0 saturated carbocycles. The minimum Gasteiger partial charge on any atom is -0.464 e. The Kier molecular flexibility index (Phi) is 3.03. The van der Waals surface area contributed by atoms with Crippen molar-refractivity contribution in [2.75, 3.05) is 19.8 Å². The maximum absolute atomic E-state index is 11.3. The number of carbonyl (C=O) groups is 1. The standard InChI is InChI=1S/C10H17NO3/c1-7-6-14-10(12)9(7)11-5-8-3-2-4-13-8/h7-9,11H,2-6H2,1H3. The van der Waals surface area contributed by atoms with Crippen molar-refractivity contribution < 1.29 is 14.3 Å². The summed E-state index contributed by atoms with van der Waals surface area (Å²) in [4.78, 5) is 11.3. The number of esters is 1. The van der Waals surface area contributed by atoms with Gasteiger partial charge < -0.3 is 14.8 Å². The zero-order valence-corrected chi connectivity index (χ0v) is 8.49. The summed E-state index contributed by atoms with van der Waals surface area (Å²) in [6.45, 7) is 4.20. The van der Waals surface area contributed by atoms with Crippen molar-refractivity contribution in [3.8, 4) is 0 Å². The Balaban J connectivity index is 1.76. The van der Waals surface area contributed by atoms with E-state index in [1.165, 1.54) is 0 Å². The Bertz CT molecular complexity index is 213. The largest absolute Gasteiger partial charge is 0.464 e. The van der Waals surface area contributed by atoms with Gasteiger partial charge in [-0.05, 0) is 12.8 Å². The van der Waals surface area contributed by atoms with Crippen LogP contribution in [0.25, 0.3) is 0 Å². The molecule has 2 rings (SSSR count). The molecule has 4 heteroatoms. The lowest BCUT2D eigenvalue weighted by atomic mass is 10.1.